The Morgan fingerprint density at radius 1 is 0.971 bits per heavy atom. The van der Waals surface area contributed by atoms with Crippen molar-refractivity contribution in [2.24, 2.45) is 10.7 Å². The Morgan fingerprint density at radius 2 is 1.63 bits per heavy atom. The van der Waals surface area contributed by atoms with Gasteiger partial charge in [0.15, 0.2) is 0 Å². The molecule has 0 atom stereocenters. The number of carbonyl (C=O) groups excluding carboxylic acids is 1. The Bertz CT molecular complexity index is 1570. The number of aryl methyl sites for hydroxylation is 1. The van der Waals surface area contributed by atoms with E-state index < -0.39 is 0 Å². The number of nitrogens with two attached hydrogens (primary N) is 1. The highest BCUT2D eigenvalue weighted by atomic mass is 16.4. The third-order valence-corrected chi connectivity index (χ3v) is 5.84. The monoisotopic (exact) mass is 458 g/mol. The normalized spacial score (nSPS) is 11.2. The first-order valence-electron chi connectivity index (χ1n) is 11.2. The van der Waals surface area contributed by atoms with Crippen LogP contribution in [0.25, 0.3) is 33.4 Å². The van der Waals surface area contributed by atoms with Crippen LogP contribution in [-0.2, 0) is 11.3 Å². The average molecular weight is 459 g/mol. The maximum Gasteiger partial charge on any atom is 0.238 e. The molecule has 5 aromatic rings. The summed E-state index contributed by atoms with van der Waals surface area (Å²) in [6.07, 6.45) is 3.88. The van der Waals surface area contributed by atoms with E-state index in [-0.39, 0.29) is 18.2 Å². The summed E-state index contributed by atoms with van der Waals surface area (Å²) in [6, 6.07) is 29.6. The molecule has 2 heterocycles. The van der Waals surface area contributed by atoms with Gasteiger partial charge in [-0.15, -0.1) is 0 Å². The minimum Gasteiger partial charge on any atom is -0.436 e. The second kappa shape index (κ2) is 9.54. The first kappa shape index (κ1) is 21.9. The van der Waals surface area contributed by atoms with Gasteiger partial charge < -0.3 is 14.7 Å². The van der Waals surface area contributed by atoms with Gasteiger partial charge in [-0.1, -0.05) is 78.9 Å². The summed E-state index contributed by atoms with van der Waals surface area (Å²) in [6.45, 7) is 0.476. The quantitative estimate of drug-likeness (QED) is 0.300. The van der Waals surface area contributed by atoms with Gasteiger partial charge in [-0.3, -0.25) is 4.79 Å². The van der Waals surface area contributed by atoms with Gasteiger partial charge in [0.2, 0.25) is 11.8 Å². The number of nitriles is 1. The predicted octanol–water partition coefficient (Wildman–Crippen LogP) is 6.07. The number of aromatic nitrogens is 1. The minimum atomic E-state index is -0.353. The van der Waals surface area contributed by atoms with Crippen LogP contribution in [0.3, 0.4) is 0 Å². The van der Waals surface area contributed by atoms with Crippen LogP contribution in [0.1, 0.15) is 17.5 Å². The zero-order chi connectivity index (χ0) is 24.2. The molecule has 0 aliphatic carbocycles. The number of hydrogen-bond donors (Lipinski definition) is 1. The smallest absolute Gasteiger partial charge is 0.238 e. The molecule has 6 heteroatoms. The van der Waals surface area contributed by atoms with E-state index in [1.807, 2.05) is 95.7 Å². The van der Waals surface area contributed by atoms with Crippen molar-refractivity contribution in [2.75, 3.05) is 0 Å². The summed E-state index contributed by atoms with van der Waals surface area (Å²) in [5.41, 5.74) is 10.0. The summed E-state index contributed by atoms with van der Waals surface area (Å²) in [5, 5.41) is 11.1. The van der Waals surface area contributed by atoms with E-state index in [2.05, 4.69) is 11.1 Å². The van der Waals surface area contributed by atoms with Crippen LogP contribution in [0, 0.1) is 11.3 Å². The van der Waals surface area contributed by atoms with E-state index in [4.69, 9.17) is 10.2 Å². The van der Waals surface area contributed by atoms with Crippen molar-refractivity contribution >= 4 is 28.9 Å². The minimum absolute atomic E-state index is 0.243. The molecule has 0 spiro atoms. The van der Waals surface area contributed by atoms with Gasteiger partial charge in [-0.25, -0.2) is 4.99 Å². The Balaban J connectivity index is 1.62. The second-order valence-electron chi connectivity index (χ2n) is 8.10. The Hall–Kier alpha value is -4.89. The van der Waals surface area contributed by atoms with Crippen molar-refractivity contribution < 1.29 is 9.21 Å². The SMILES string of the molecule is N#Cc1c(N=Cc2cn(CCC(N)=O)c3ccccc23)oc(-c2ccccc2)c1-c1ccccc1. The maximum absolute atomic E-state index is 11.3. The van der Waals surface area contributed by atoms with Gasteiger partial charge in [0, 0.05) is 53.0 Å². The summed E-state index contributed by atoms with van der Waals surface area (Å²) in [4.78, 5) is 15.9. The molecule has 5 rings (SSSR count). The number of rotatable bonds is 7. The standard InChI is InChI=1S/C29H22N4O2/c30-17-24-27(20-9-3-1-4-10-20)28(21-11-5-2-6-12-21)35-29(24)32-18-22-19-33(16-15-26(31)34)25-14-8-7-13-23(22)25/h1-14,18-19H,15-16H2,(H2,31,34). The topological polar surface area (TPSA) is 97.3 Å². The van der Waals surface area contributed by atoms with Gasteiger partial charge in [-0.2, -0.15) is 5.26 Å². The molecule has 170 valence electrons. The lowest BCUT2D eigenvalue weighted by Crippen LogP contribution is -2.13. The van der Waals surface area contributed by atoms with E-state index in [1.54, 1.807) is 6.21 Å². The first-order chi connectivity index (χ1) is 17.2. The molecule has 2 N–H and O–H groups in total. The van der Waals surface area contributed by atoms with Crippen LogP contribution < -0.4 is 5.73 Å². The average Bonchev–Trinajstić information content (AvgIpc) is 3.45. The molecular formula is C29H22N4O2. The molecular weight excluding hydrogens is 436 g/mol. The van der Waals surface area contributed by atoms with Gasteiger partial charge in [0.1, 0.15) is 17.4 Å². The van der Waals surface area contributed by atoms with Crippen LogP contribution in [0.2, 0.25) is 0 Å². The number of aliphatic imine (C=N–C) groups is 1. The number of carbonyl (C=O) groups is 1. The molecule has 0 unspecified atom stereocenters. The molecule has 0 aliphatic rings. The molecule has 0 saturated heterocycles. The van der Waals surface area contributed by atoms with Crippen molar-refractivity contribution in [2.45, 2.75) is 13.0 Å². The van der Waals surface area contributed by atoms with E-state index in [1.165, 1.54) is 0 Å². The number of primary amides is 1. The van der Waals surface area contributed by atoms with Gasteiger partial charge in [-0.05, 0) is 11.6 Å². The Morgan fingerprint density at radius 3 is 2.31 bits per heavy atom. The summed E-state index contributed by atoms with van der Waals surface area (Å²) in [7, 11) is 0. The fourth-order valence-electron chi connectivity index (χ4n) is 4.21. The van der Waals surface area contributed by atoms with E-state index in [9.17, 15) is 10.1 Å². The third kappa shape index (κ3) is 4.35. The molecule has 0 bridgehead atoms. The fraction of sp³-hybridized carbons (Fsp3) is 0.0690. The van der Waals surface area contributed by atoms with Crippen molar-refractivity contribution in [1.29, 1.82) is 5.26 Å². The van der Waals surface area contributed by atoms with Crippen molar-refractivity contribution in [1.82, 2.24) is 4.57 Å². The largest absolute Gasteiger partial charge is 0.436 e. The van der Waals surface area contributed by atoms with E-state index in [0.29, 0.717) is 17.9 Å². The number of furan rings is 1. The molecule has 1 amide bonds. The summed E-state index contributed by atoms with van der Waals surface area (Å²) in [5.74, 6) is 0.498. The van der Waals surface area contributed by atoms with Crippen LogP contribution in [-0.4, -0.2) is 16.7 Å². The number of nitrogens with zero attached hydrogens (tertiary/aromatic N) is 3. The Labute approximate surface area is 202 Å². The molecule has 35 heavy (non-hydrogen) atoms. The molecule has 0 radical (unpaired) electrons. The summed E-state index contributed by atoms with van der Waals surface area (Å²) >= 11 is 0. The van der Waals surface area contributed by atoms with E-state index in [0.717, 1.165) is 33.2 Å². The highest BCUT2D eigenvalue weighted by molar-refractivity contribution is 6.00. The molecule has 6 nitrogen and oxygen atoms in total. The number of para-hydroxylation sites is 1. The van der Waals surface area contributed by atoms with Crippen LogP contribution in [0.15, 0.2) is 101 Å². The highest BCUT2D eigenvalue weighted by Gasteiger charge is 2.22. The first-order valence-corrected chi connectivity index (χ1v) is 11.2. The van der Waals surface area contributed by atoms with Crippen LogP contribution >= 0.6 is 0 Å². The van der Waals surface area contributed by atoms with Gasteiger partial charge >= 0.3 is 0 Å². The molecule has 0 aliphatic heterocycles. The lowest BCUT2D eigenvalue weighted by atomic mass is 9.98. The third-order valence-electron chi connectivity index (χ3n) is 5.84. The fourth-order valence-corrected chi connectivity index (χ4v) is 4.21. The molecule has 3 aromatic carbocycles. The van der Waals surface area contributed by atoms with Crippen molar-refractivity contribution in [3.8, 4) is 28.5 Å². The number of benzene rings is 3. The molecule has 2 aromatic heterocycles. The number of amides is 1. The lowest BCUT2D eigenvalue weighted by molar-refractivity contribution is -0.118. The molecule has 0 saturated carbocycles. The number of hydrogen-bond acceptors (Lipinski definition) is 4. The van der Waals surface area contributed by atoms with Crippen LogP contribution in [0.4, 0.5) is 5.88 Å². The maximum atomic E-state index is 11.3. The molecule has 0 fully saturated rings. The zero-order valence-electron chi connectivity index (χ0n) is 18.9. The summed E-state index contributed by atoms with van der Waals surface area (Å²) < 4.78 is 8.19. The van der Waals surface area contributed by atoms with Crippen molar-refractivity contribution in [3.63, 3.8) is 0 Å². The Kier molecular flexibility index (Phi) is 5.98. The highest BCUT2D eigenvalue weighted by Crippen LogP contribution is 2.42. The number of fused-ring (bicyclic) bond motifs is 1. The van der Waals surface area contributed by atoms with Crippen LogP contribution in [0.5, 0.6) is 0 Å². The predicted molar refractivity (Wildman–Crippen MR) is 137 cm³/mol. The van der Waals surface area contributed by atoms with Gasteiger partial charge in [0.05, 0.1) is 0 Å². The van der Waals surface area contributed by atoms with E-state index >= 15 is 0 Å². The second-order valence-corrected chi connectivity index (χ2v) is 8.10. The van der Waals surface area contributed by atoms with Gasteiger partial charge in [0.25, 0.3) is 0 Å². The lowest BCUT2D eigenvalue weighted by Gasteiger charge is -2.03. The van der Waals surface area contributed by atoms with Crippen molar-refractivity contribution in [3.05, 3.63) is 102 Å². The zero-order valence-corrected chi connectivity index (χ0v) is 18.9.